The van der Waals surface area contributed by atoms with Gasteiger partial charge in [0.15, 0.2) is 0 Å². The Morgan fingerprint density at radius 2 is 2.00 bits per heavy atom. The van der Waals surface area contributed by atoms with Gasteiger partial charge in [-0.1, -0.05) is 18.2 Å². The molecule has 2 aromatic heterocycles. The van der Waals surface area contributed by atoms with Crippen molar-refractivity contribution in [3.63, 3.8) is 0 Å². The first-order valence-electron chi connectivity index (χ1n) is 6.88. The number of hydrogen-bond donors (Lipinski definition) is 1. The highest BCUT2D eigenvalue weighted by molar-refractivity contribution is 7.09. The highest BCUT2D eigenvalue weighted by Crippen LogP contribution is 2.21. The highest BCUT2D eigenvalue weighted by Gasteiger charge is 2.04. The number of benzene rings is 1. The molecule has 0 aliphatic heterocycles. The van der Waals surface area contributed by atoms with Gasteiger partial charge in [0, 0.05) is 10.4 Å². The fourth-order valence-electron chi connectivity index (χ4n) is 2.08. The first kappa shape index (κ1) is 13.8. The SMILES string of the molecule is Cc1ccc(-c2cncc(NCc3cccs3)n2)cc1C. The Kier molecular flexibility index (Phi) is 3.97. The fraction of sp³-hybridized carbons (Fsp3) is 0.176. The summed E-state index contributed by atoms with van der Waals surface area (Å²) in [5, 5.41) is 5.40. The zero-order valence-electron chi connectivity index (χ0n) is 12.1. The van der Waals surface area contributed by atoms with Crippen molar-refractivity contribution in [3.8, 4) is 11.3 Å². The van der Waals surface area contributed by atoms with Crippen LogP contribution in [0.2, 0.25) is 0 Å². The maximum absolute atomic E-state index is 4.64. The minimum absolute atomic E-state index is 0.780. The van der Waals surface area contributed by atoms with Crippen LogP contribution in [0.4, 0.5) is 5.82 Å². The fourth-order valence-corrected chi connectivity index (χ4v) is 2.73. The number of aryl methyl sites for hydroxylation is 2. The summed E-state index contributed by atoms with van der Waals surface area (Å²) >= 11 is 1.74. The van der Waals surface area contributed by atoms with Crippen LogP contribution >= 0.6 is 11.3 Å². The second kappa shape index (κ2) is 6.06. The van der Waals surface area contributed by atoms with Crippen molar-refractivity contribution in [1.82, 2.24) is 9.97 Å². The number of thiophene rings is 1. The van der Waals surface area contributed by atoms with Gasteiger partial charge in [0.2, 0.25) is 0 Å². The molecule has 0 bridgehead atoms. The molecule has 0 saturated heterocycles. The zero-order valence-corrected chi connectivity index (χ0v) is 12.9. The van der Waals surface area contributed by atoms with Crippen molar-refractivity contribution in [1.29, 1.82) is 0 Å². The second-order valence-corrected chi connectivity index (χ2v) is 6.05. The zero-order chi connectivity index (χ0) is 14.7. The van der Waals surface area contributed by atoms with Crippen molar-refractivity contribution in [2.75, 3.05) is 5.32 Å². The Morgan fingerprint density at radius 1 is 1.10 bits per heavy atom. The Hall–Kier alpha value is -2.20. The molecule has 1 aromatic carbocycles. The minimum Gasteiger partial charge on any atom is -0.364 e. The largest absolute Gasteiger partial charge is 0.364 e. The predicted molar refractivity (Wildman–Crippen MR) is 88.6 cm³/mol. The van der Waals surface area contributed by atoms with Gasteiger partial charge >= 0.3 is 0 Å². The molecule has 1 N–H and O–H groups in total. The molecule has 0 radical (unpaired) electrons. The van der Waals surface area contributed by atoms with Gasteiger partial charge in [-0.15, -0.1) is 11.3 Å². The van der Waals surface area contributed by atoms with Gasteiger partial charge in [-0.05, 0) is 42.5 Å². The molecule has 3 rings (SSSR count). The first-order valence-corrected chi connectivity index (χ1v) is 7.76. The third-order valence-electron chi connectivity index (χ3n) is 3.46. The lowest BCUT2D eigenvalue weighted by atomic mass is 10.0. The maximum atomic E-state index is 4.64. The predicted octanol–water partition coefficient (Wildman–Crippen LogP) is 4.43. The van der Waals surface area contributed by atoms with Crippen molar-refractivity contribution in [2.45, 2.75) is 20.4 Å². The van der Waals surface area contributed by atoms with E-state index in [2.05, 4.69) is 64.8 Å². The monoisotopic (exact) mass is 295 g/mol. The molecular weight excluding hydrogens is 278 g/mol. The van der Waals surface area contributed by atoms with Gasteiger partial charge in [0.1, 0.15) is 5.82 Å². The van der Waals surface area contributed by atoms with Gasteiger partial charge in [-0.25, -0.2) is 4.98 Å². The van der Waals surface area contributed by atoms with E-state index in [4.69, 9.17) is 0 Å². The number of aromatic nitrogens is 2. The van der Waals surface area contributed by atoms with Crippen LogP contribution in [-0.2, 0) is 6.54 Å². The van der Waals surface area contributed by atoms with Crippen LogP contribution in [0.3, 0.4) is 0 Å². The smallest absolute Gasteiger partial charge is 0.145 e. The summed E-state index contributed by atoms with van der Waals surface area (Å²) in [6.07, 6.45) is 3.57. The maximum Gasteiger partial charge on any atom is 0.145 e. The number of anilines is 1. The van der Waals surface area contributed by atoms with E-state index < -0.39 is 0 Å². The molecule has 2 heterocycles. The molecule has 0 spiro atoms. The van der Waals surface area contributed by atoms with E-state index in [-0.39, 0.29) is 0 Å². The summed E-state index contributed by atoms with van der Waals surface area (Å²) in [4.78, 5) is 10.2. The summed E-state index contributed by atoms with van der Waals surface area (Å²) in [5.74, 6) is 0.805. The van der Waals surface area contributed by atoms with Crippen molar-refractivity contribution < 1.29 is 0 Å². The van der Waals surface area contributed by atoms with Crippen LogP contribution in [-0.4, -0.2) is 9.97 Å². The topological polar surface area (TPSA) is 37.8 Å². The Bertz CT molecular complexity index is 736. The second-order valence-electron chi connectivity index (χ2n) is 5.02. The molecular formula is C17H17N3S. The molecule has 106 valence electrons. The molecule has 0 aliphatic carbocycles. The lowest BCUT2D eigenvalue weighted by molar-refractivity contribution is 1.11. The average molecular weight is 295 g/mol. The van der Waals surface area contributed by atoms with Crippen LogP contribution in [0, 0.1) is 13.8 Å². The molecule has 3 aromatic rings. The molecule has 0 unspecified atom stereocenters. The minimum atomic E-state index is 0.780. The third kappa shape index (κ3) is 3.28. The van der Waals surface area contributed by atoms with E-state index in [0.717, 1.165) is 23.6 Å². The molecule has 3 nitrogen and oxygen atoms in total. The lowest BCUT2D eigenvalue weighted by Gasteiger charge is -2.07. The van der Waals surface area contributed by atoms with Gasteiger partial charge in [0.05, 0.1) is 24.6 Å². The standard InChI is InChI=1S/C17H17N3S/c1-12-5-6-14(8-13(12)2)16-10-18-11-17(20-16)19-9-15-4-3-7-21-15/h3-8,10-11H,9H2,1-2H3,(H,19,20). The molecule has 4 heteroatoms. The van der Waals surface area contributed by atoms with Crippen molar-refractivity contribution in [3.05, 3.63) is 64.1 Å². The molecule has 0 amide bonds. The van der Waals surface area contributed by atoms with Crippen molar-refractivity contribution in [2.24, 2.45) is 0 Å². The van der Waals surface area contributed by atoms with Crippen LogP contribution in [0.15, 0.2) is 48.1 Å². The van der Waals surface area contributed by atoms with Gasteiger partial charge in [0.25, 0.3) is 0 Å². The van der Waals surface area contributed by atoms with E-state index in [1.807, 2.05) is 0 Å². The first-order chi connectivity index (χ1) is 10.2. The van der Waals surface area contributed by atoms with Gasteiger partial charge < -0.3 is 5.32 Å². The Morgan fingerprint density at radius 3 is 2.76 bits per heavy atom. The summed E-state index contributed by atoms with van der Waals surface area (Å²) in [6.45, 7) is 5.01. The van der Waals surface area contributed by atoms with E-state index in [0.29, 0.717) is 0 Å². The summed E-state index contributed by atoms with van der Waals surface area (Å²) < 4.78 is 0. The van der Waals surface area contributed by atoms with E-state index in [9.17, 15) is 0 Å². The Labute approximate surface area is 128 Å². The number of nitrogens with zero attached hydrogens (tertiary/aromatic N) is 2. The Balaban J connectivity index is 1.80. The van der Waals surface area contributed by atoms with Crippen LogP contribution in [0.25, 0.3) is 11.3 Å². The summed E-state index contributed by atoms with van der Waals surface area (Å²) in [6, 6.07) is 10.5. The van der Waals surface area contributed by atoms with E-state index in [1.54, 1.807) is 23.7 Å². The number of nitrogens with one attached hydrogen (secondary N) is 1. The normalized spacial score (nSPS) is 10.6. The quantitative estimate of drug-likeness (QED) is 0.773. The van der Waals surface area contributed by atoms with E-state index >= 15 is 0 Å². The molecule has 21 heavy (non-hydrogen) atoms. The molecule has 0 fully saturated rings. The number of hydrogen-bond acceptors (Lipinski definition) is 4. The van der Waals surface area contributed by atoms with Gasteiger partial charge in [-0.3, -0.25) is 4.98 Å². The summed E-state index contributed by atoms with van der Waals surface area (Å²) in [7, 11) is 0. The molecule has 0 atom stereocenters. The van der Waals surface area contributed by atoms with Crippen LogP contribution < -0.4 is 5.32 Å². The third-order valence-corrected chi connectivity index (χ3v) is 4.34. The lowest BCUT2D eigenvalue weighted by Crippen LogP contribution is -2.01. The number of rotatable bonds is 4. The molecule has 0 aliphatic rings. The summed E-state index contributed by atoms with van der Waals surface area (Å²) in [5.41, 5.74) is 4.56. The molecule has 0 saturated carbocycles. The van der Waals surface area contributed by atoms with E-state index in [1.165, 1.54) is 16.0 Å². The average Bonchev–Trinajstić information content (AvgIpc) is 3.02. The van der Waals surface area contributed by atoms with Gasteiger partial charge in [-0.2, -0.15) is 0 Å². The van der Waals surface area contributed by atoms with Crippen molar-refractivity contribution >= 4 is 17.2 Å². The van der Waals surface area contributed by atoms with Crippen LogP contribution in [0.1, 0.15) is 16.0 Å². The van der Waals surface area contributed by atoms with Crippen LogP contribution in [0.5, 0.6) is 0 Å². The highest BCUT2D eigenvalue weighted by atomic mass is 32.1.